The van der Waals surface area contributed by atoms with Crippen molar-refractivity contribution in [2.45, 2.75) is 0 Å². The van der Waals surface area contributed by atoms with Crippen LogP contribution in [0.15, 0.2) is 48.9 Å². The molecule has 88 valence electrons. The number of benzene rings is 1. The average Bonchev–Trinajstić information content (AvgIpc) is 2.83. The van der Waals surface area contributed by atoms with Crippen LogP contribution >= 0.6 is 0 Å². The zero-order valence-corrected chi connectivity index (χ0v) is 9.87. The minimum atomic E-state index is -0.0823. The van der Waals surface area contributed by atoms with Gasteiger partial charge in [-0.2, -0.15) is 0 Å². The number of hydrogen-bond donors (Lipinski definition) is 0. The van der Waals surface area contributed by atoms with Gasteiger partial charge in [0.15, 0.2) is 5.82 Å². The Balaban J connectivity index is 2.21. The van der Waals surface area contributed by atoms with Crippen LogP contribution in [0.2, 0.25) is 0 Å². The minimum Gasteiger partial charge on any atom is -0.331 e. The van der Waals surface area contributed by atoms with E-state index in [9.17, 15) is 4.79 Å². The molecule has 4 nitrogen and oxygen atoms in total. The van der Waals surface area contributed by atoms with Gasteiger partial charge in [-0.05, 0) is 12.1 Å². The number of carbonyl (C=O) groups is 1. The number of aryl methyl sites for hydroxylation is 1. The predicted molar refractivity (Wildman–Crippen MR) is 68.4 cm³/mol. The van der Waals surface area contributed by atoms with Gasteiger partial charge >= 0.3 is 0 Å². The van der Waals surface area contributed by atoms with Crippen LogP contribution in [-0.4, -0.2) is 20.3 Å². The Morgan fingerprint density at radius 2 is 2.00 bits per heavy atom. The van der Waals surface area contributed by atoms with Gasteiger partial charge in [-0.1, -0.05) is 18.2 Å². The molecule has 0 amide bonds. The molecule has 0 N–H and O–H groups in total. The standard InChI is InChI=1S/C14H11N3O/c1-17-9-8-16-14(17)13(18)11-4-2-6-12-10(11)5-3-7-15-12/h2-9H,1H3. The molecule has 0 aliphatic heterocycles. The first-order valence-corrected chi connectivity index (χ1v) is 5.63. The normalized spacial score (nSPS) is 10.7. The van der Waals surface area contributed by atoms with Crippen LogP contribution in [0.25, 0.3) is 10.9 Å². The minimum absolute atomic E-state index is 0.0823. The Kier molecular flexibility index (Phi) is 2.41. The number of imidazole rings is 1. The molecule has 0 atom stereocenters. The fourth-order valence-electron chi connectivity index (χ4n) is 2.01. The van der Waals surface area contributed by atoms with E-state index in [2.05, 4.69) is 9.97 Å². The third-order valence-corrected chi connectivity index (χ3v) is 2.91. The Bertz CT molecular complexity index is 725. The van der Waals surface area contributed by atoms with Crippen molar-refractivity contribution in [3.8, 4) is 0 Å². The van der Waals surface area contributed by atoms with Gasteiger partial charge in [0.05, 0.1) is 5.52 Å². The maximum atomic E-state index is 12.4. The van der Waals surface area contributed by atoms with Gasteiger partial charge in [0.1, 0.15) is 0 Å². The molecule has 4 heteroatoms. The van der Waals surface area contributed by atoms with E-state index in [1.807, 2.05) is 31.3 Å². The molecule has 1 aromatic carbocycles. The van der Waals surface area contributed by atoms with Gasteiger partial charge in [-0.3, -0.25) is 9.78 Å². The van der Waals surface area contributed by atoms with Gasteiger partial charge in [-0.15, -0.1) is 0 Å². The average molecular weight is 237 g/mol. The molecule has 3 aromatic rings. The summed E-state index contributed by atoms with van der Waals surface area (Å²) in [5.41, 5.74) is 1.45. The van der Waals surface area contributed by atoms with E-state index >= 15 is 0 Å². The quantitative estimate of drug-likeness (QED) is 0.642. The highest BCUT2D eigenvalue weighted by Crippen LogP contribution is 2.18. The van der Waals surface area contributed by atoms with Crippen LogP contribution in [0.4, 0.5) is 0 Å². The second kappa shape index (κ2) is 4.07. The van der Waals surface area contributed by atoms with Crippen molar-refractivity contribution in [2.75, 3.05) is 0 Å². The second-order valence-electron chi connectivity index (χ2n) is 4.07. The molecule has 3 rings (SSSR count). The monoisotopic (exact) mass is 237 g/mol. The van der Waals surface area contributed by atoms with Crippen molar-refractivity contribution in [3.05, 3.63) is 60.3 Å². The summed E-state index contributed by atoms with van der Waals surface area (Å²) in [6, 6.07) is 9.27. The van der Waals surface area contributed by atoms with E-state index in [-0.39, 0.29) is 5.78 Å². The number of aromatic nitrogens is 3. The Labute approximate surface area is 104 Å². The van der Waals surface area contributed by atoms with Crippen LogP contribution in [0.1, 0.15) is 16.2 Å². The number of rotatable bonds is 2. The summed E-state index contributed by atoms with van der Waals surface area (Å²) >= 11 is 0. The molecule has 0 radical (unpaired) electrons. The van der Waals surface area contributed by atoms with Crippen LogP contribution in [0.3, 0.4) is 0 Å². The first-order chi connectivity index (χ1) is 8.77. The fourth-order valence-corrected chi connectivity index (χ4v) is 2.01. The van der Waals surface area contributed by atoms with Crippen LogP contribution < -0.4 is 0 Å². The second-order valence-corrected chi connectivity index (χ2v) is 4.07. The predicted octanol–water partition coefficient (Wildman–Crippen LogP) is 2.20. The van der Waals surface area contributed by atoms with E-state index in [0.29, 0.717) is 11.4 Å². The Morgan fingerprint density at radius 3 is 2.78 bits per heavy atom. The summed E-state index contributed by atoms with van der Waals surface area (Å²) in [5.74, 6) is 0.354. The molecule has 0 fully saturated rings. The van der Waals surface area contributed by atoms with Gasteiger partial charge in [0.2, 0.25) is 5.78 Å². The van der Waals surface area contributed by atoms with E-state index in [1.54, 1.807) is 29.2 Å². The van der Waals surface area contributed by atoms with E-state index in [0.717, 1.165) is 10.9 Å². The summed E-state index contributed by atoms with van der Waals surface area (Å²) in [5, 5.41) is 0.855. The molecule has 0 bridgehead atoms. The Morgan fingerprint density at radius 1 is 1.11 bits per heavy atom. The zero-order valence-electron chi connectivity index (χ0n) is 9.87. The third kappa shape index (κ3) is 1.59. The summed E-state index contributed by atoms with van der Waals surface area (Å²) in [4.78, 5) is 20.8. The molecule has 0 saturated heterocycles. The lowest BCUT2D eigenvalue weighted by Crippen LogP contribution is -2.09. The van der Waals surface area contributed by atoms with E-state index in [1.165, 1.54) is 0 Å². The first kappa shape index (κ1) is 10.7. The van der Waals surface area contributed by atoms with Crippen molar-refractivity contribution < 1.29 is 4.79 Å². The van der Waals surface area contributed by atoms with Crippen molar-refractivity contribution in [2.24, 2.45) is 7.05 Å². The van der Waals surface area contributed by atoms with E-state index in [4.69, 9.17) is 0 Å². The number of hydrogen-bond acceptors (Lipinski definition) is 3. The molecule has 0 unspecified atom stereocenters. The number of ketones is 1. The highest BCUT2D eigenvalue weighted by molar-refractivity contribution is 6.14. The highest BCUT2D eigenvalue weighted by Gasteiger charge is 2.16. The van der Waals surface area contributed by atoms with Gasteiger partial charge in [0.25, 0.3) is 0 Å². The van der Waals surface area contributed by atoms with Crippen molar-refractivity contribution >= 4 is 16.7 Å². The molecule has 0 spiro atoms. The van der Waals surface area contributed by atoms with Crippen LogP contribution in [0.5, 0.6) is 0 Å². The molecule has 18 heavy (non-hydrogen) atoms. The lowest BCUT2D eigenvalue weighted by atomic mass is 10.0. The van der Waals surface area contributed by atoms with Gasteiger partial charge < -0.3 is 4.57 Å². The summed E-state index contributed by atoms with van der Waals surface area (Å²) in [7, 11) is 1.81. The maximum absolute atomic E-state index is 12.4. The van der Waals surface area contributed by atoms with Gasteiger partial charge in [-0.25, -0.2) is 4.98 Å². The molecular formula is C14H11N3O. The SMILES string of the molecule is Cn1ccnc1C(=O)c1cccc2ncccc12. The third-order valence-electron chi connectivity index (χ3n) is 2.91. The van der Waals surface area contributed by atoms with Crippen molar-refractivity contribution in [1.29, 1.82) is 0 Å². The molecular weight excluding hydrogens is 226 g/mol. The zero-order chi connectivity index (χ0) is 12.5. The number of nitrogens with zero attached hydrogens (tertiary/aromatic N) is 3. The van der Waals surface area contributed by atoms with Crippen molar-refractivity contribution in [3.63, 3.8) is 0 Å². The van der Waals surface area contributed by atoms with E-state index < -0.39 is 0 Å². The molecule has 0 aliphatic rings. The maximum Gasteiger partial charge on any atom is 0.229 e. The summed E-state index contributed by atoms with van der Waals surface area (Å²) in [6.07, 6.45) is 5.10. The largest absolute Gasteiger partial charge is 0.331 e. The highest BCUT2D eigenvalue weighted by atomic mass is 16.1. The lowest BCUT2D eigenvalue weighted by Gasteiger charge is -2.04. The molecule has 2 heterocycles. The number of fused-ring (bicyclic) bond motifs is 1. The van der Waals surface area contributed by atoms with Crippen LogP contribution in [0, 0.1) is 0 Å². The smallest absolute Gasteiger partial charge is 0.229 e. The van der Waals surface area contributed by atoms with Gasteiger partial charge in [0, 0.05) is 36.6 Å². The topological polar surface area (TPSA) is 47.8 Å². The fraction of sp³-hybridized carbons (Fsp3) is 0.0714. The Hall–Kier alpha value is -2.49. The number of carbonyl (C=O) groups excluding carboxylic acids is 1. The van der Waals surface area contributed by atoms with Crippen LogP contribution in [-0.2, 0) is 7.05 Å². The molecule has 0 saturated carbocycles. The molecule has 2 aromatic heterocycles. The number of pyridine rings is 1. The summed E-state index contributed by atoms with van der Waals surface area (Å²) in [6.45, 7) is 0. The lowest BCUT2D eigenvalue weighted by molar-refractivity contribution is 0.102. The first-order valence-electron chi connectivity index (χ1n) is 5.63. The van der Waals surface area contributed by atoms with Crippen molar-refractivity contribution in [1.82, 2.24) is 14.5 Å². The summed E-state index contributed by atoms with van der Waals surface area (Å²) < 4.78 is 1.72. The molecule has 0 aliphatic carbocycles.